The molecule has 0 spiro atoms. The smallest absolute Gasteiger partial charge is 0.210 e. The lowest BCUT2D eigenvalue weighted by Crippen LogP contribution is -2.42. The highest BCUT2D eigenvalue weighted by Crippen LogP contribution is 2.39. The summed E-state index contributed by atoms with van der Waals surface area (Å²) in [6.45, 7) is 1.34. The Morgan fingerprint density at radius 3 is 3.19 bits per heavy atom. The molecule has 3 nitrogen and oxygen atoms in total. The van der Waals surface area contributed by atoms with E-state index in [0.717, 1.165) is 17.3 Å². The third-order valence-electron chi connectivity index (χ3n) is 3.37. The Kier molecular flexibility index (Phi) is 2.48. The van der Waals surface area contributed by atoms with Gasteiger partial charge in [0.2, 0.25) is 6.41 Å². The van der Waals surface area contributed by atoms with Crippen molar-refractivity contribution in [2.24, 2.45) is 0 Å². The first-order chi connectivity index (χ1) is 7.79. The molecular weight excluding hydrogens is 270 g/mol. The standard InChI is InChI=1S/C12H12BrNO2/c13-9-1-2-10-8(5-9)6-11-12(10)14(7-15)3-4-16-11/h1-2,5,7,11-12H,3-4,6H2/t11-,12+/m1/s1. The van der Waals surface area contributed by atoms with Crippen LogP contribution in [0, 0.1) is 0 Å². The van der Waals surface area contributed by atoms with E-state index in [-0.39, 0.29) is 12.1 Å². The van der Waals surface area contributed by atoms with Gasteiger partial charge in [0.05, 0.1) is 18.8 Å². The number of morpholine rings is 1. The van der Waals surface area contributed by atoms with Gasteiger partial charge in [0, 0.05) is 17.4 Å². The molecule has 0 saturated carbocycles. The average Bonchev–Trinajstić information content (AvgIpc) is 2.65. The van der Waals surface area contributed by atoms with Gasteiger partial charge in [-0.3, -0.25) is 4.79 Å². The highest BCUT2D eigenvalue weighted by Gasteiger charge is 2.39. The van der Waals surface area contributed by atoms with Crippen molar-refractivity contribution in [2.45, 2.75) is 18.6 Å². The van der Waals surface area contributed by atoms with Crippen LogP contribution in [0.15, 0.2) is 22.7 Å². The van der Waals surface area contributed by atoms with Gasteiger partial charge in [-0.2, -0.15) is 0 Å². The number of hydrogen-bond acceptors (Lipinski definition) is 2. The highest BCUT2D eigenvalue weighted by atomic mass is 79.9. The Hall–Kier alpha value is -0.870. The number of ether oxygens (including phenoxy) is 1. The summed E-state index contributed by atoms with van der Waals surface area (Å²) >= 11 is 3.47. The van der Waals surface area contributed by atoms with Crippen molar-refractivity contribution < 1.29 is 9.53 Å². The molecule has 1 aromatic rings. The van der Waals surface area contributed by atoms with Crippen LogP contribution in [0.2, 0.25) is 0 Å². The van der Waals surface area contributed by atoms with Gasteiger partial charge in [-0.25, -0.2) is 0 Å². The van der Waals surface area contributed by atoms with Crippen LogP contribution in [-0.2, 0) is 16.0 Å². The van der Waals surface area contributed by atoms with Crippen LogP contribution in [0.4, 0.5) is 0 Å². The summed E-state index contributed by atoms with van der Waals surface area (Å²) in [5, 5.41) is 0. The zero-order valence-electron chi connectivity index (χ0n) is 8.73. The lowest BCUT2D eigenvalue weighted by atomic mass is 10.1. The number of carbonyl (C=O) groups excluding carboxylic acids is 1. The van der Waals surface area contributed by atoms with Crippen LogP contribution >= 0.6 is 15.9 Å². The first-order valence-corrected chi connectivity index (χ1v) is 6.20. The molecule has 2 atom stereocenters. The van der Waals surface area contributed by atoms with Gasteiger partial charge in [-0.15, -0.1) is 0 Å². The maximum atomic E-state index is 11.0. The summed E-state index contributed by atoms with van der Waals surface area (Å²) in [5.41, 5.74) is 2.53. The number of benzene rings is 1. The highest BCUT2D eigenvalue weighted by molar-refractivity contribution is 9.10. The summed E-state index contributed by atoms with van der Waals surface area (Å²) in [4.78, 5) is 12.9. The SMILES string of the molecule is O=CN1CCO[C@@H]2Cc3cc(Br)ccc3[C@@H]21. The van der Waals surface area contributed by atoms with Crippen LogP contribution in [0.3, 0.4) is 0 Å². The van der Waals surface area contributed by atoms with E-state index in [1.165, 1.54) is 11.1 Å². The maximum absolute atomic E-state index is 11.0. The molecule has 1 fully saturated rings. The maximum Gasteiger partial charge on any atom is 0.210 e. The Morgan fingerprint density at radius 1 is 1.50 bits per heavy atom. The molecule has 0 unspecified atom stereocenters. The molecule has 0 aromatic heterocycles. The molecule has 84 valence electrons. The quantitative estimate of drug-likeness (QED) is 0.736. The molecule has 1 aromatic carbocycles. The molecule has 1 aliphatic heterocycles. The van der Waals surface area contributed by atoms with Crippen molar-refractivity contribution in [3.63, 3.8) is 0 Å². The van der Waals surface area contributed by atoms with Crippen LogP contribution in [0.25, 0.3) is 0 Å². The minimum Gasteiger partial charge on any atom is -0.374 e. The van der Waals surface area contributed by atoms with Gasteiger partial charge in [-0.05, 0) is 23.3 Å². The minimum absolute atomic E-state index is 0.120. The minimum atomic E-state index is 0.120. The molecule has 2 aliphatic rings. The van der Waals surface area contributed by atoms with Crippen molar-refractivity contribution in [3.05, 3.63) is 33.8 Å². The Labute approximate surface area is 103 Å². The fraction of sp³-hybridized carbons (Fsp3) is 0.417. The summed E-state index contributed by atoms with van der Waals surface area (Å²) in [7, 11) is 0. The summed E-state index contributed by atoms with van der Waals surface area (Å²) in [6, 6.07) is 6.36. The molecule has 1 saturated heterocycles. The molecule has 1 aliphatic carbocycles. The third-order valence-corrected chi connectivity index (χ3v) is 3.86. The number of halogens is 1. The van der Waals surface area contributed by atoms with Gasteiger partial charge in [0.25, 0.3) is 0 Å². The lowest BCUT2D eigenvalue weighted by Gasteiger charge is -2.35. The Balaban J connectivity index is 2.03. The van der Waals surface area contributed by atoms with E-state index in [9.17, 15) is 4.79 Å². The van der Waals surface area contributed by atoms with Crippen molar-refractivity contribution in [1.82, 2.24) is 4.90 Å². The monoisotopic (exact) mass is 281 g/mol. The van der Waals surface area contributed by atoms with E-state index in [1.54, 1.807) is 0 Å². The topological polar surface area (TPSA) is 29.5 Å². The first-order valence-electron chi connectivity index (χ1n) is 5.40. The Morgan fingerprint density at radius 2 is 2.38 bits per heavy atom. The molecule has 3 rings (SSSR count). The van der Waals surface area contributed by atoms with Crippen LogP contribution in [0.5, 0.6) is 0 Å². The van der Waals surface area contributed by atoms with E-state index in [0.29, 0.717) is 13.2 Å². The molecular formula is C12H12BrNO2. The fourth-order valence-corrected chi connectivity index (χ4v) is 3.09. The van der Waals surface area contributed by atoms with Crippen molar-refractivity contribution in [1.29, 1.82) is 0 Å². The second-order valence-electron chi connectivity index (χ2n) is 4.24. The number of nitrogens with zero attached hydrogens (tertiary/aromatic N) is 1. The number of amides is 1. The zero-order chi connectivity index (χ0) is 11.1. The lowest BCUT2D eigenvalue weighted by molar-refractivity contribution is -0.131. The number of hydrogen-bond donors (Lipinski definition) is 0. The molecule has 0 N–H and O–H groups in total. The number of fused-ring (bicyclic) bond motifs is 3. The van der Waals surface area contributed by atoms with E-state index in [1.807, 2.05) is 11.0 Å². The third kappa shape index (κ3) is 1.48. The molecule has 0 radical (unpaired) electrons. The van der Waals surface area contributed by atoms with E-state index < -0.39 is 0 Å². The number of rotatable bonds is 1. The van der Waals surface area contributed by atoms with Crippen molar-refractivity contribution in [3.8, 4) is 0 Å². The van der Waals surface area contributed by atoms with Crippen LogP contribution in [-0.4, -0.2) is 30.6 Å². The predicted octanol–water partition coefficient (Wildman–Crippen LogP) is 1.90. The van der Waals surface area contributed by atoms with Gasteiger partial charge in [0.1, 0.15) is 0 Å². The molecule has 0 bridgehead atoms. The van der Waals surface area contributed by atoms with Crippen LogP contribution in [0.1, 0.15) is 17.2 Å². The van der Waals surface area contributed by atoms with Crippen LogP contribution < -0.4 is 0 Å². The number of carbonyl (C=O) groups is 1. The Bertz CT molecular complexity index is 435. The molecule has 1 heterocycles. The molecule has 4 heteroatoms. The van der Waals surface area contributed by atoms with Gasteiger partial charge in [-0.1, -0.05) is 22.0 Å². The summed E-state index contributed by atoms with van der Waals surface area (Å²) in [6.07, 6.45) is 1.99. The summed E-state index contributed by atoms with van der Waals surface area (Å²) in [5.74, 6) is 0. The largest absolute Gasteiger partial charge is 0.374 e. The normalized spacial score (nSPS) is 27.4. The second-order valence-corrected chi connectivity index (χ2v) is 5.16. The molecule has 1 amide bonds. The van der Waals surface area contributed by atoms with Gasteiger partial charge in [0.15, 0.2) is 0 Å². The summed E-state index contributed by atoms with van der Waals surface area (Å²) < 4.78 is 6.83. The second kappa shape index (κ2) is 3.86. The predicted molar refractivity (Wildman–Crippen MR) is 63.1 cm³/mol. The van der Waals surface area contributed by atoms with E-state index >= 15 is 0 Å². The van der Waals surface area contributed by atoms with Gasteiger partial charge < -0.3 is 9.64 Å². The van der Waals surface area contributed by atoms with E-state index in [4.69, 9.17) is 4.74 Å². The van der Waals surface area contributed by atoms with Crippen molar-refractivity contribution in [2.75, 3.05) is 13.2 Å². The average molecular weight is 282 g/mol. The zero-order valence-corrected chi connectivity index (χ0v) is 10.3. The van der Waals surface area contributed by atoms with E-state index in [2.05, 4.69) is 28.1 Å². The molecule has 16 heavy (non-hydrogen) atoms. The first kappa shape index (κ1) is 10.3. The van der Waals surface area contributed by atoms with Gasteiger partial charge >= 0.3 is 0 Å². The fourth-order valence-electron chi connectivity index (χ4n) is 2.68. The van der Waals surface area contributed by atoms with Crippen molar-refractivity contribution >= 4 is 22.3 Å².